The van der Waals surface area contributed by atoms with Crippen molar-refractivity contribution in [3.63, 3.8) is 0 Å². The number of hydrogen-bond donors (Lipinski definition) is 1. The van der Waals surface area contributed by atoms with Crippen LogP contribution in [0.15, 0.2) is 29.4 Å². The predicted molar refractivity (Wildman–Crippen MR) is 69.5 cm³/mol. The van der Waals surface area contributed by atoms with E-state index in [1.165, 1.54) is 18.7 Å². The van der Waals surface area contributed by atoms with E-state index in [-0.39, 0.29) is 11.5 Å². The van der Waals surface area contributed by atoms with Gasteiger partial charge in [-0.2, -0.15) is 0 Å². The van der Waals surface area contributed by atoms with Gasteiger partial charge in [0.25, 0.3) is 0 Å². The third kappa shape index (κ3) is 2.53. The first-order valence-electron chi connectivity index (χ1n) is 5.39. The molecule has 2 aromatic rings. The van der Waals surface area contributed by atoms with Crippen LogP contribution in [-0.4, -0.2) is 31.4 Å². The molecule has 0 saturated carbocycles. The fraction of sp³-hybridized carbons (Fsp3) is 0.250. The maximum atomic E-state index is 10.9. The Kier molecular flexibility index (Phi) is 3.66. The number of Topliss-reactive ketones (excluding diaryl/α,β-unsaturated/α-hetero) is 1. The van der Waals surface area contributed by atoms with Crippen LogP contribution in [0.3, 0.4) is 0 Å². The molecule has 6 heteroatoms. The van der Waals surface area contributed by atoms with Gasteiger partial charge < -0.3 is 9.67 Å². The van der Waals surface area contributed by atoms with E-state index >= 15 is 0 Å². The van der Waals surface area contributed by atoms with E-state index in [1.54, 1.807) is 22.8 Å². The first-order chi connectivity index (χ1) is 8.59. The van der Waals surface area contributed by atoms with Crippen LogP contribution in [0.25, 0.3) is 11.4 Å². The number of hydrogen-bond acceptors (Lipinski definition) is 5. The minimum atomic E-state index is 0.0899. The molecule has 0 saturated heterocycles. The van der Waals surface area contributed by atoms with Crippen molar-refractivity contribution in [2.24, 2.45) is 7.05 Å². The molecule has 2 rings (SSSR count). The third-order valence-corrected chi connectivity index (χ3v) is 3.55. The summed E-state index contributed by atoms with van der Waals surface area (Å²) in [4.78, 5) is 10.9. The van der Waals surface area contributed by atoms with Gasteiger partial charge in [0.1, 0.15) is 11.5 Å². The number of rotatable bonds is 4. The molecule has 18 heavy (non-hydrogen) atoms. The number of carbonyl (C=O) groups excluding carboxylic acids is 1. The molecule has 0 aliphatic carbocycles. The fourth-order valence-corrected chi connectivity index (χ4v) is 2.22. The van der Waals surface area contributed by atoms with Crippen molar-refractivity contribution < 1.29 is 9.90 Å². The van der Waals surface area contributed by atoms with E-state index in [1.807, 2.05) is 13.1 Å². The van der Waals surface area contributed by atoms with Crippen LogP contribution in [0.5, 0.6) is 5.75 Å². The Morgan fingerprint density at radius 3 is 2.78 bits per heavy atom. The lowest BCUT2D eigenvalue weighted by atomic mass is 10.2. The Labute approximate surface area is 109 Å². The van der Waals surface area contributed by atoms with Crippen molar-refractivity contribution in [2.45, 2.75) is 12.1 Å². The number of carbonyl (C=O) groups is 1. The van der Waals surface area contributed by atoms with Crippen molar-refractivity contribution in [2.75, 3.05) is 5.75 Å². The van der Waals surface area contributed by atoms with Gasteiger partial charge in [-0.3, -0.25) is 4.79 Å². The number of aromatic nitrogens is 3. The summed E-state index contributed by atoms with van der Waals surface area (Å²) in [5.41, 5.74) is 0.627. The lowest BCUT2D eigenvalue weighted by molar-refractivity contribution is -0.114. The Morgan fingerprint density at radius 1 is 1.39 bits per heavy atom. The minimum absolute atomic E-state index is 0.0899. The normalized spacial score (nSPS) is 10.6. The summed E-state index contributed by atoms with van der Waals surface area (Å²) >= 11 is 1.33. The number of aromatic hydroxyl groups is 1. The largest absolute Gasteiger partial charge is 0.507 e. The van der Waals surface area contributed by atoms with E-state index in [4.69, 9.17) is 0 Å². The molecule has 1 heterocycles. The Balaban J connectivity index is 2.31. The molecule has 0 spiro atoms. The molecule has 94 valence electrons. The molecule has 1 aromatic carbocycles. The van der Waals surface area contributed by atoms with E-state index in [0.29, 0.717) is 22.3 Å². The highest BCUT2D eigenvalue weighted by atomic mass is 32.2. The first kappa shape index (κ1) is 12.6. The van der Waals surface area contributed by atoms with Crippen LogP contribution in [0, 0.1) is 0 Å². The van der Waals surface area contributed by atoms with Gasteiger partial charge in [-0.05, 0) is 19.1 Å². The van der Waals surface area contributed by atoms with Crippen molar-refractivity contribution in [3.8, 4) is 17.1 Å². The number of ketones is 1. The average Bonchev–Trinajstić information content (AvgIpc) is 2.69. The molecule has 0 amide bonds. The van der Waals surface area contributed by atoms with Crippen LogP contribution in [0.2, 0.25) is 0 Å². The second-order valence-corrected chi connectivity index (χ2v) is 4.82. The molecule has 1 N–H and O–H groups in total. The molecule has 0 aliphatic heterocycles. The van der Waals surface area contributed by atoms with Crippen LogP contribution < -0.4 is 0 Å². The fourth-order valence-electron chi connectivity index (χ4n) is 1.50. The topological polar surface area (TPSA) is 68.0 Å². The van der Waals surface area contributed by atoms with Gasteiger partial charge in [-0.15, -0.1) is 10.2 Å². The van der Waals surface area contributed by atoms with Gasteiger partial charge in [-0.25, -0.2) is 0 Å². The highest BCUT2D eigenvalue weighted by Gasteiger charge is 2.14. The minimum Gasteiger partial charge on any atom is -0.507 e. The van der Waals surface area contributed by atoms with Crippen molar-refractivity contribution >= 4 is 17.5 Å². The molecule has 1 aromatic heterocycles. The lowest BCUT2D eigenvalue weighted by Crippen LogP contribution is -1.98. The van der Waals surface area contributed by atoms with Gasteiger partial charge in [0.2, 0.25) is 0 Å². The summed E-state index contributed by atoms with van der Waals surface area (Å²) in [5, 5.41) is 18.5. The quantitative estimate of drug-likeness (QED) is 0.853. The molecule has 0 unspecified atom stereocenters. The predicted octanol–water partition coefficient (Wildman–Crippen LogP) is 1.87. The van der Waals surface area contributed by atoms with Crippen molar-refractivity contribution in [3.05, 3.63) is 24.3 Å². The van der Waals surface area contributed by atoms with Gasteiger partial charge >= 0.3 is 0 Å². The zero-order valence-electron chi connectivity index (χ0n) is 10.1. The SMILES string of the molecule is CC(=O)CSc1nnc(-c2ccccc2O)n1C. The Morgan fingerprint density at radius 2 is 2.11 bits per heavy atom. The van der Waals surface area contributed by atoms with E-state index < -0.39 is 0 Å². The number of benzene rings is 1. The summed E-state index contributed by atoms with van der Waals surface area (Å²) in [5.74, 6) is 1.20. The molecule has 0 fully saturated rings. The first-order valence-corrected chi connectivity index (χ1v) is 6.38. The van der Waals surface area contributed by atoms with Gasteiger partial charge in [0.05, 0.1) is 11.3 Å². The second-order valence-electron chi connectivity index (χ2n) is 3.87. The third-order valence-electron chi connectivity index (χ3n) is 2.38. The highest BCUT2D eigenvalue weighted by Crippen LogP contribution is 2.28. The molecule has 0 radical (unpaired) electrons. The summed E-state index contributed by atoms with van der Waals surface area (Å²) in [6, 6.07) is 6.96. The summed E-state index contributed by atoms with van der Waals surface area (Å²) in [7, 11) is 1.81. The molecule has 5 nitrogen and oxygen atoms in total. The number of phenolic OH excluding ortho intramolecular Hbond substituents is 1. The monoisotopic (exact) mass is 263 g/mol. The van der Waals surface area contributed by atoms with E-state index in [2.05, 4.69) is 10.2 Å². The lowest BCUT2D eigenvalue weighted by Gasteiger charge is -2.04. The second kappa shape index (κ2) is 5.22. The van der Waals surface area contributed by atoms with Crippen molar-refractivity contribution in [1.29, 1.82) is 0 Å². The van der Waals surface area contributed by atoms with Gasteiger partial charge in [0.15, 0.2) is 11.0 Å². The smallest absolute Gasteiger partial charge is 0.191 e. The van der Waals surface area contributed by atoms with Crippen LogP contribution >= 0.6 is 11.8 Å². The maximum absolute atomic E-state index is 10.9. The zero-order chi connectivity index (χ0) is 13.1. The van der Waals surface area contributed by atoms with Crippen molar-refractivity contribution in [1.82, 2.24) is 14.8 Å². The molecule has 0 aliphatic rings. The number of thioether (sulfide) groups is 1. The summed E-state index contributed by atoms with van der Waals surface area (Å²) < 4.78 is 1.77. The van der Waals surface area contributed by atoms with Crippen LogP contribution in [0.4, 0.5) is 0 Å². The van der Waals surface area contributed by atoms with Gasteiger partial charge in [0, 0.05) is 7.05 Å². The highest BCUT2D eigenvalue weighted by molar-refractivity contribution is 7.99. The average molecular weight is 263 g/mol. The summed E-state index contributed by atoms with van der Waals surface area (Å²) in [6.45, 7) is 1.54. The van der Waals surface area contributed by atoms with Crippen LogP contribution in [0.1, 0.15) is 6.92 Å². The Hall–Kier alpha value is -1.82. The van der Waals surface area contributed by atoms with Gasteiger partial charge in [-0.1, -0.05) is 23.9 Å². The molecule has 0 atom stereocenters. The number of nitrogens with zero attached hydrogens (tertiary/aromatic N) is 3. The van der Waals surface area contributed by atoms with E-state index in [0.717, 1.165) is 0 Å². The number of para-hydroxylation sites is 1. The molecular formula is C12H13N3O2S. The molecular weight excluding hydrogens is 250 g/mol. The Bertz CT molecular complexity index is 580. The number of phenols is 1. The zero-order valence-corrected chi connectivity index (χ0v) is 10.9. The maximum Gasteiger partial charge on any atom is 0.191 e. The standard InChI is InChI=1S/C12H13N3O2S/c1-8(16)7-18-12-14-13-11(15(12)2)9-5-3-4-6-10(9)17/h3-6,17H,7H2,1-2H3. The van der Waals surface area contributed by atoms with E-state index in [9.17, 15) is 9.90 Å². The van der Waals surface area contributed by atoms with Crippen LogP contribution in [-0.2, 0) is 11.8 Å². The molecule has 0 bridgehead atoms. The summed E-state index contributed by atoms with van der Waals surface area (Å²) in [6.07, 6.45) is 0.